The van der Waals surface area contributed by atoms with Crippen molar-refractivity contribution in [3.05, 3.63) is 105 Å². The van der Waals surface area contributed by atoms with Gasteiger partial charge in [0, 0.05) is 37.5 Å². The summed E-state index contributed by atoms with van der Waals surface area (Å²) < 4.78 is 16.7. The van der Waals surface area contributed by atoms with Crippen molar-refractivity contribution >= 4 is 62.5 Å². The standard InChI is InChI=1S/C26H15Cl3FN2O/c27-16-8-10-17(21(29)12-16)14-7-9-18-23(11-14)32(13-15-3-1-5-20(28)25(15)30)22-6-2-4-19(24(18)22)26(31)33/h1-8,10-12H,13H2,(H2,31,33). The lowest BCUT2D eigenvalue weighted by Gasteiger charge is -2.11. The van der Waals surface area contributed by atoms with Crippen LogP contribution in [0, 0.1) is 11.9 Å². The highest BCUT2D eigenvalue weighted by Gasteiger charge is 2.19. The molecule has 0 fully saturated rings. The highest BCUT2D eigenvalue weighted by molar-refractivity contribution is 6.36. The summed E-state index contributed by atoms with van der Waals surface area (Å²) in [5.41, 5.74) is 9.52. The van der Waals surface area contributed by atoms with Crippen LogP contribution in [0.15, 0.2) is 66.7 Å². The monoisotopic (exact) mass is 495 g/mol. The Labute approximate surface area is 204 Å². The summed E-state index contributed by atoms with van der Waals surface area (Å²) in [6.45, 7) is 0.195. The number of aromatic nitrogens is 1. The molecule has 2 N–H and O–H groups in total. The maximum Gasteiger partial charge on any atom is 0.249 e. The highest BCUT2D eigenvalue weighted by atomic mass is 35.5. The number of halogens is 4. The van der Waals surface area contributed by atoms with Gasteiger partial charge in [0.15, 0.2) is 0 Å². The van der Waals surface area contributed by atoms with Crippen LogP contribution in [0.3, 0.4) is 0 Å². The van der Waals surface area contributed by atoms with Crippen LogP contribution in [0.1, 0.15) is 15.9 Å². The topological polar surface area (TPSA) is 48.0 Å². The molecule has 3 nitrogen and oxygen atoms in total. The van der Waals surface area contributed by atoms with Crippen molar-refractivity contribution in [1.82, 2.24) is 4.57 Å². The number of carbonyl (C=O) groups excluding carboxylic acids is 1. The summed E-state index contributed by atoms with van der Waals surface area (Å²) in [6, 6.07) is 22.5. The summed E-state index contributed by atoms with van der Waals surface area (Å²) in [4.78, 5) is 12.2. The summed E-state index contributed by atoms with van der Waals surface area (Å²) in [5, 5.41) is 2.44. The van der Waals surface area contributed by atoms with E-state index in [1.54, 1.807) is 42.5 Å². The maximum atomic E-state index is 14.8. The molecule has 5 rings (SSSR count). The smallest absolute Gasteiger partial charge is 0.249 e. The van der Waals surface area contributed by atoms with Crippen LogP contribution in [0.4, 0.5) is 4.39 Å². The number of hydrogen-bond acceptors (Lipinski definition) is 1. The molecule has 0 atom stereocenters. The van der Waals surface area contributed by atoms with E-state index in [2.05, 4.69) is 6.07 Å². The Morgan fingerprint density at radius 3 is 2.52 bits per heavy atom. The minimum absolute atomic E-state index is 0.0475. The molecule has 5 aromatic rings. The Hall–Kier alpha value is -3.05. The van der Waals surface area contributed by atoms with E-state index in [4.69, 9.17) is 40.5 Å². The van der Waals surface area contributed by atoms with Crippen LogP contribution in [0.2, 0.25) is 15.1 Å². The van der Waals surface area contributed by atoms with Crippen molar-refractivity contribution in [2.45, 2.75) is 6.54 Å². The van der Waals surface area contributed by atoms with Gasteiger partial charge in [-0.05, 0) is 54.1 Å². The molecule has 4 aromatic carbocycles. The van der Waals surface area contributed by atoms with Crippen molar-refractivity contribution in [3.63, 3.8) is 0 Å². The molecule has 33 heavy (non-hydrogen) atoms. The van der Waals surface area contributed by atoms with E-state index < -0.39 is 11.7 Å². The number of fused-ring (bicyclic) bond motifs is 3. The molecule has 0 spiro atoms. The first-order valence-corrected chi connectivity index (χ1v) is 11.1. The van der Waals surface area contributed by atoms with Gasteiger partial charge in [0.1, 0.15) is 5.82 Å². The Morgan fingerprint density at radius 1 is 0.970 bits per heavy atom. The fourth-order valence-electron chi connectivity index (χ4n) is 4.15. The number of nitrogens with zero attached hydrogens (tertiary/aromatic N) is 1. The minimum atomic E-state index is -0.549. The molecule has 163 valence electrons. The first-order chi connectivity index (χ1) is 15.8. The van der Waals surface area contributed by atoms with Gasteiger partial charge < -0.3 is 10.3 Å². The molecule has 0 saturated carbocycles. The average Bonchev–Trinajstić information content (AvgIpc) is 3.10. The average molecular weight is 497 g/mol. The Balaban J connectivity index is 1.82. The summed E-state index contributed by atoms with van der Waals surface area (Å²) >= 11 is 18.5. The number of rotatable bonds is 4. The molecule has 0 saturated heterocycles. The molecule has 0 aliphatic rings. The first kappa shape index (κ1) is 21.8. The van der Waals surface area contributed by atoms with E-state index in [0.717, 1.165) is 22.2 Å². The summed E-state index contributed by atoms with van der Waals surface area (Å²) in [6.07, 6.45) is 0. The molecular weight excluding hydrogens is 482 g/mol. The lowest BCUT2D eigenvalue weighted by molar-refractivity contribution is 0.100. The number of amides is 1. The SMILES string of the molecule is NC(=O)c1cccc2c1c1[c]cc(-c3ccc(Cl)cc3Cl)cc1n2Cc1cccc(Cl)c1F. The zero-order valence-corrected chi connectivity index (χ0v) is 19.3. The van der Waals surface area contributed by atoms with Crippen molar-refractivity contribution in [3.8, 4) is 11.1 Å². The summed E-state index contributed by atoms with van der Waals surface area (Å²) in [7, 11) is 0. The molecule has 1 aromatic heterocycles. The molecule has 1 heterocycles. The van der Waals surface area contributed by atoms with Crippen molar-refractivity contribution in [2.75, 3.05) is 0 Å². The maximum absolute atomic E-state index is 14.8. The highest BCUT2D eigenvalue weighted by Crippen LogP contribution is 2.37. The van der Waals surface area contributed by atoms with Crippen molar-refractivity contribution in [1.29, 1.82) is 0 Å². The van der Waals surface area contributed by atoms with Gasteiger partial charge in [-0.1, -0.05) is 59.1 Å². The van der Waals surface area contributed by atoms with Crippen molar-refractivity contribution in [2.24, 2.45) is 5.73 Å². The number of carbonyl (C=O) groups is 1. The minimum Gasteiger partial charge on any atom is -0.366 e. The molecule has 1 amide bonds. The van der Waals surface area contributed by atoms with Gasteiger partial charge in [0.05, 0.1) is 22.6 Å². The van der Waals surface area contributed by atoms with E-state index in [1.165, 1.54) is 6.07 Å². The van der Waals surface area contributed by atoms with Gasteiger partial charge in [0.25, 0.3) is 0 Å². The van der Waals surface area contributed by atoms with Gasteiger partial charge in [-0.15, -0.1) is 0 Å². The normalized spacial score (nSPS) is 11.4. The second-order valence-electron chi connectivity index (χ2n) is 7.64. The third-order valence-electron chi connectivity index (χ3n) is 5.66. The van der Waals surface area contributed by atoms with E-state index >= 15 is 0 Å². The van der Waals surface area contributed by atoms with Crippen LogP contribution in [0.5, 0.6) is 0 Å². The molecule has 0 bridgehead atoms. The quantitative estimate of drug-likeness (QED) is 0.275. The zero-order valence-electron chi connectivity index (χ0n) is 17.0. The summed E-state index contributed by atoms with van der Waals surface area (Å²) in [5.74, 6) is -1.03. The van der Waals surface area contributed by atoms with E-state index in [-0.39, 0.29) is 11.6 Å². The molecule has 0 aliphatic carbocycles. The molecule has 0 unspecified atom stereocenters. The Bertz CT molecular complexity index is 1580. The fourth-order valence-corrected chi connectivity index (χ4v) is 4.86. The van der Waals surface area contributed by atoms with Crippen LogP contribution in [-0.4, -0.2) is 10.5 Å². The van der Waals surface area contributed by atoms with Crippen LogP contribution in [-0.2, 0) is 6.54 Å². The molecular formula is C26H15Cl3FN2O. The Kier molecular flexibility index (Phi) is 5.53. The largest absolute Gasteiger partial charge is 0.366 e. The van der Waals surface area contributed by atoms with Crippen LogP contribution < -0.4 is 5.73 Å². The van der Waals surface area contributed by atoms with E-state index in [0.29, 0.717) is 31.9 Å². The second-order valence-corrected chi connectivity index (χ2v) is 8.89. The predicted molar refractivity (Wildman–Crippen MR) is 133 cm³/mol. The first-order valence-electron chi connectivity index (χ1n) is 10.00. The van der Waals surface area contributed by atoms with Gasteiger partial charge in [0.2, 0.25) is 5.91 Å². The zero-order chi connectivity index (χ0) is 23.3. The fraction of sp³-hybridized carbons (Fsp3) is 0.0385. The lowest BCUT2D eigenvalue weighted by atomic mass is 10.0. The van der Waals surface area contributed by atoms with Gasteiger partial charge in [-0.3, -0.25) is 4.79 Å². The molecule has 7 heteroatoms. The third kappa shape index (κ3) is 3.74. The van der Waals surface area contributed by atoms with Crippen molar-refractivity contribution < 1.29 is 9.18 Å². The Morgan fingerprint density at radius 2 is 1.76 bits per heavy atom. The van der Waals surface area contributed by atoms with Gasteiger partial charge in [-0.25, -0.2) is 4.39 Å². The number of primary amides is 1. The third-order valence-corrected chi connectivity index (χ3v) is 6.50. The predicted octanol–water partition coefficient (Wildman–Crippen LogP) is 7.51. The number of nitrogens with two attached hydrogens (primary N) is 1. The molecule has 0 aliphatic heterocycles. The van der Waals surface area contributed by atoms with Gasteiger partial charge >= 0.3 is 0 Å². The number of hydrogen-bond donors (Lipinski definition) is 1. The van der Waals surface area contributed by atoms with Crippen LogP contribution >= 0.6 is 34.8 Å². The van der Waals surface area contributed by atoms with E-state index in [1.807, 2.05) is 22.8 Å². The van der Waals surface area contributed by atoms with E-state index in [9.17, 15) is 9.18 Å². The van der Waals surface area contributed by atoms with Gasteiger partial charge in [-0.2, -0.15) is 0 Å². The molecule has 1 radical (unpaired) electrons. The lowest BCUT2D eigenvalue weighted by Crippen LogP contribution is -2.11. The van der Waals surface area contributed by atoms with Crippen LogP contribution in [0.25, 0.3) is 32.9 Å². The number of benzene rings is 4. The second kappa shape index (κ2) is 8.38.